The van der Waals surface area contributed by atoms with Crippen molar-refractivity contribution in [3.05, 3.63) is 58.9 Å². The Morgan fingerprint density at radius 3 is 2.40 bits per heavy atom. The van der Waals surface area contributed by atoms with Crippen molar-refractivity contribution in [2.24, 2.45) is 0 Å². The fraction of sp³-hybridized carbons (Fsp3) is 0.235. The summed E-state index contributed by atoms with van der Waals surface area (Å²) in [5.41, 5.74) is 2.26. The van der Waals surface area contributed by atoms with Crippen LogP contribution in [0.15, 0.2) is 36.4 Å². The number of hydrogen-bond acceptors (Lipinski definition) is 2. The minimum Gasteiger partial charge on any atom is -0.457 e. The average molecular weight is 271 g/mol. The molecule has 0 aliphatic carbocycles. The molecule has 0 N–H and O–H groups in total. The second-order valence-electron chi connectivity index (χ2n) is 4.11. The summed E-state index contributed by atoms with van der Waals surface area (Å²) >= 11 is 0. The minimum atomic E-state index is -0.349. The quantitative estimate of drug-likeness (QED) is 0.758. The molecule has 2 rings (SSSR count). The number of hydrogen-bond donors (Lipinski definition) is 0. The Labute approximate surface area is 119 Å². The summed E-state index contributed by atoms with van der Waals surface area (Å²) in [5, 5.41) is 9.01. The molecule has 0 amide bonds. The first-order chi connectivity index (χ1) is 9.60. The van der Waals surface area contributed by atoms with Crippen molar-refractivity contribution in [2.45, 2.75) is 27.7 Å². The maximum atomic E-state index is 13.1. The summed E-state index contributed by atoms with van der Waals surface area (Å²) in [6.07, 6.45) is 0. The fourth-order valence-electron chi connectivity index (χ4n) is 1.70. The molecule has 0 aliphatic rings. The maximum Gasteiger partial charge on any atom is 0.131 e. The number of aryl methyl sites for hydroxylation is 1. The number of rotatable bonds is 2. The van der Waals surface area contributed by atoms with Crippen molar-refractivity contribution in [1.82, 2.24) is 0 Å². The normalized spacial score (nSPS) is 9.20. The first-order valence-electron chi connectivity index (χ1n) is 6.55. The lowest BCUT2D eigenvalue weighted by molar-refractivity contribution is 0.472. The second kappa shape index (κ2) is 7.30. The topological polar surface area (TPSA) is 33.0 Å². The zero-order chi connectivity index (χ0) is 15.1. The lowest BCUT2D eigenvalue weighted by atomic mass is 10.1. The van der Waals surface area contributed by atoms with E-state index in [1.165, 1.54) is 12.1 Å². The lowest BCUT2D eigenvalue weighted by Crippen LogP contribution is -1.92. The van der Waals surface area contributed by atoms with E-state index in [4.69, 9.17) is 10.00 Å². The van der Waals surface area contributed by atoms with Gasteiger partial charge in [0.15, 0.2) is 0 Å². The summed E-state index contributed by atoms with van der Waals surface area (Å²) in [5.74, 6) is 0.656. The fourth-order valence-corrected chi connectivity index (χ4v) is 1.70. The van der Waals surface area contributed by atoms with Gasteiger partial charge < -0.3 is 4.74 Å². The van der Waals surface area contributed by atoms with Crippen molar-refractivity contribution in [3.63, 3.8) is 0 Å². The summed E-state index contributed by atoms with van der Waals surface area (Å²) in [4.78, 5) is 0. The second-order valence-corrected chi connectivity index (χ2v) is 4.11. The monoisotopic (exact) mass is 271 g/mol. The molecule has 0 aromatic heterocycles. The van der Waals surface area contributed by atoms with Gasteiger partial charge in [0.05, 0.1) is 11.6 Å². The third-order valence-electron chi connectivity index (χ3n) is 2.65. The molecule has 0 heterocycles. The van der Waals surface area contributed by atoms with E-state index < -0.39 is 0 Å². The van der Waals surface area contributed by atoms with Gasteiger partial charge in [-0.25, -0.2) is 4.39 Å². The van der Waals surface area contributed by atoms with Gasteiger partial charge in [-0.15, -0.1) is 0 Å². The van der Waals surface area contributed by atoms with Gasteiger partial charge in [-0.2, -0.15) is 5.26 Å². The molecule has 0 fully saturated rings. The van der Waals surface area contributed by atoms with Crippen LogP contribution in [0.3, 0.4) is 0 Å². The molecule has 20 heavy (non-hydrogen) atoms. The first kappa shape index (κ1) is 15.7. The summed E-state index contributed by atoms with van der Waals surface area (Å²) in [7, 11) is 0. The standard InChI is InChI=1S/C15H12FNO.C2H6/c1-10-6-12(9-17)11(2)15(7-10)18-14-5-3-4-13(16)8-14;1-2/h3-8H,1-2H3;1-2H3. The summed E-state index contributed by atoms with van der Waals surface area (Å²) in [6, 6.07) is 11.7. The molecule has 0 bridgehead atoms. The Kier molecular flexibility index (Phi) is 5.74. The molecule has 104 valence electrons. The van der Waals surface area contributed by atoms with E-state index in [0.717, 1.165) is 11.1 Å². The molecule has 3 heteroatoms. The van der Waals surface area contributed by atoms with Crippen molar-refractivity contribution >= 4 is 0 Å². The Morgan fingerprint density at radius 2 is 1.80 bits per heavy atom. The molecule has 0 saturated carbocycles. The van der Waals surface area contributed by atoms with Crippen LogP contribution in [0.5, 0.6) is 11.5 Å². The molecule has 0 saturated heterocycles. The van der Waals surface area contributed by atoms with E-state index in [-0.39, 0.29) is 5.82 Å². The third-order valence-corrected chi connectivity index (χ3v) is 2.65. The minimum absolute atomic E-state index is 0.349. The molecule has 2 nitrogen and oxygen atoms in total. The molecular weight excluding hydrogens is 253 g/mol. The van der Waals surface area contributed by atoms with Crippen molar-refractivity contribution in [3.8, 4) is 17.6 Å². The highest BCUT2D eigenvalue weighted by Gasteiger charge is 2.08. The molecule has 0 unspecified atom stereocenters. The highest BCUT2D eigenvalue weighted by atomic mass is 19.1. The molecule has 0 spiro atoms. The average Bonchev–Trinajstić information content (AvgIpc) is 2.44. The third kappa shape index (κ3) is 3.83. The molecule has 2 aromatic carbocycles. The number of halogens is 1. The Bertz CT molecular complexity index is 629. The van der Waals surface area contributed by atoms with Crippen LogP contribution in [0.2, 0.25) is 0 Å². The Balaban J connectivity index is 0.000000956. The Hall–Kier alpha value is -2.34. The zero-order valence-corrected chi connectivity index (χ0v) is 12.2. The van der Waals surface area contributed by atoms with Crippen molar-refractivity contribution in [2.75, 3.05) is 0 Å². The van der Waals surface area contributed by atoms with E-state index in [1.807, 2.05) is 33.8 Å². The van der Waals surface area contributed by atoms with Gasteiger partial charge >= 0.3 is 0 Å². The van der Waals surface area contributed by atoms with E-state index in [1.54, 1.807) is 18.2 Å². The van der Waals surface area contributed by atoms with Crippen LogP contribution in [0, 0.1) is 31.0 Å². The van der Waals surface area contributed by atoms with E-state index in [2.05, 4.69) is 6.07 Å². The van der Waals surface area contributed by atoms with E-state index >= 15 is 0 Å². The van der Waals surface area contributed by atoms with Gasteiger partial charge in [0.25, 0.3) is 0 Å². The maximum absolute atomic E-state index is 13.1. The largest absolute Gasteiger partial charge is 0.457 e. The summed E-state index contributed by atoms with van der Waals surface area (Å²) < 4.78 is 18.7. The van der Waals surface area contributed by atoms with Crippen molar-refractivity contribution < 1.29 is 9.13 Å². The zero-order valence-electron chi connectivity index (χ0n) is 12.2. The number of ether oxygens (including phenoxy) is 1. The van der Waals surface area contributed by atoms with Crippen LogP contribution in [-0.4, -0.2) is 0 Å². The molecule has 2 aromatic rings. The van der Waals surface area contributed by atoms with Gasteiger partial charge in [0.1, 0.15) is 17.3 Å². The van der Waals surface area contributed by atoms with Gasteiger partial charge in [0.2, 0.25) is 0 Å². The van der Waals surface area contributed by atoms with Gasteiger partial charge in [-0.1, -0.05) is 19.9 Å². The van der Waals surface area contributed by atoms with Crippen molar-refractivity contribution in [1.29, 1.82) is 5.26 Å². The van der Waals surface area contributed by atoms with Crippen LogP contribution in [0.1, 0.15) is 30.5 Å². The number of nitrogens with zero attached hydrogens (tertiary/aromatic N) is 1. The SMILES string of the molecule is CC.Cc1cc(C#N)c(C)c(Oc2cccc(F)c2)c1. The molecule has 0 radical (unpaired) electrons. The molecule has 0 aliphatic heterocycles. The van der Waals surface area contributed by atoms with Gasteiger partial charge in [0, 0.05) is 11.6 Å². The highest BCUT2D eigenvalue weighted by molar-refractivity contribution is 5.49. The van der Waals surface area contributed by atoms with Crippen LogP contribution in [0.25, 0.3) is 0 Å². The predicted molar refractivity (Wildman–Crippen MR) is 78.5 cm³/mol. The van der Waals surface area contributed by atoms with Crippen LogP contribution in [0.4, 0.5) is 4.39 Å². The first-order valence-corrected chi connectivity index (χ1v) is 6.55. The Morgan fingerprint density at radius 1 is 1.10 bits per heavy atom. The predicted octanol–water partition coefficient (Wildman–Crippen LogP) is 5.13. The van der Waals surface area contributed by atoms with E-state index in [0.29, 0.717) is 17.1 Å². The lowest BCUT2D eigenvalue weighted by Gasteiger charge is -2.11. The number of benzene rings is 2. The number of nitriles is 1. The highest BCUT2D eigenvalue weighted by Crippen LogP contribution is 2.28. The molecule has 0 atom stereocenters. The van der Waals surface area contributed by atoms with Crippen LogP contribution in [-0.2, 0) is 0 Å². The van der Waals surface area contributed by atoms with Crippen LogP contribution >= 0.6 is 0 Å². The van der Waals surface area contributed by atoms with Crippen LogP contribution < -0.4 is 4.74 Å². The van der Waals surface area contributed by atoms with E-state index in [9.17, 15) is 4.39 Å². The summed E-state index contributed by atoms with van der Waals surface area (Å²) in [6.45, 7) is 7.70. The van der Waals surface area contributed by atoms with Gasteiger partial charge in [-0.05, 0) is 43.7 Å². The van der Waals surface area contributed by atoms with Gasteiger partial charge in [-0.3, -0.25) is 0 Å². The smallest absolute Gasteiger partial charge is 0.131 e. The molecular formula is C17H18FNO.